The van der Waals surface area contributed by atoms with E-state index in [4.69, 9.17) is 0 Å². The molecule has 0 bridgehead atoms. The van der Waals surface area contributed by atoms with Crippen molar-refractivity contribution in [1.29, 1.82) is 0 Å². The van der Waals surface area contributed by atoms with Crippen molar-refractivity contribution in [2.75, 3.05) is 0 Å². The van der Waals surface area contributed by atoms with Crippen LogP contribution in [0.5, 0.6) is 0 Å². The summed E-state index contributed by atoms with van der Waals surface area (Å²) < 4.78 is 18.7. The minimum atomic E-state index is -2.00. The van der Waals surface area contributed by atoms with Crippen molar-refractivity contribution < 1.29 is 8.76 Å². The number of hydrogen-bond acceptors (Lipinski definition) is 3. The van der Waals surface area contributed by atoms with Crippen LogP contribution in [-0.4, -0.2) is 13.3 Å². The van der Waals surface area contributed by atoms with Gasteiger partial charge < -0.3 is 4.55 Å². The molecule has 0 radical (unpaired) electrons. The van der Waals surface area contributed by atoms with Gasteiger partial charge >= 0.3 is 0 Å². The van der Waals surface area contributed by atoms with Gasteiger partial charge in [0.2, 0.25) is 0 Å². The largest absolute Gasteiger partial charge is 0.772 e. The standard InChI is InChI=1S/C2H6O2S2/c1-2(5)6(3)4/h2,5H,1H3,(H,3,4)/p-1. The van der Waals surface area contributed by atoms with Crippen molar-refractivity contribution in [3.63, 3.8) is 0 Å². The topological polar surface area (TPSA) is 40.1 Å². The Bertz CT molecular complexity index is 60.6. The highest BCUT2D eigenvalue weighted by Crippen LogP contribution is 1.93. The zero-order valence-corrected chi connectivity index (χ0v) is 4.96. The summed E-state index contributed by atoms with van der Waals surface area (Å²) in [6, 6.07) is 0. The van der Waals surface area contributed by atoms with Gasteiger partial charge in [-0.15, -0.1) is 0 Å². The average molecular weight is 125 g/mol. The Kier molecular flexibility index (Phi) is 2.80. The van der Waals surface area contributed by atoms with E-state index in [2.05, 4.69) is 12.6 Å². The summed E-state index contributed by atoms with van der Waals surface area (Å²) >= 11 is 1.58. The Morgan fingerprint density at radius 3 is 2.17 bits per heavy atom. The SMILES string of the molecule is CC(S)S(=O)[O-]. The van der Waals surface area contributed by atoms with Gasteiger partial charge in [0.15, 0.2) is 0 Å². The minimum Gasteiger partial charge on any atom is -0.772 e. The van der Waals surface area contributed by atoms with Gasteiger partial charge in [0.25, 0.3) is 0 Å². The molecule has 0 heterocycles. The molecule has 0 aromatic carbocycles. The van der Waals surface area contributed by atoms with Crippen LogP contribution in [0.1, 0.15) is 6.92 Å². The van der Waals surface area contributed by atoms with E-state index in [9.17, 15) is 8.76 Å². The second-order valence-electron chi connectivity index (χ2n) is 0.860. The minimum absolute atomic E-state index is 0.537. The molecule has 0 aliphatic heterocycles. The highest BCUT2D eigenvalue weighted by molar-refractivity contribution is 7.98. The molecule has 0 saturated carbocycles. The Morgan fingerprint density at radius 1 is 2.00 bits per heavy atom. The van der Waals surface area contributed by atoms with Crippen molar-refractivity contribution in [2.24, 2.45) is 0 Å². The third-order valence-electron chi connectivity index (χ3n) is 0.279. The normalized spacial score (nSPS) is 19.8. The Morgan fingerprint density at radius 2 is 2.17 bits per heavy atom. The van der Waals surface area contributed by atoms with E-state index in [1.54, 1.807) is 0 Å². The van der Waals surface area contributed by atoms with Crippen LogP contribution < -0.4 is 0 Å². The predicted octanol–water partition coefficient (Wildman–Crippen LogP) is 0.141. The first-order valence-corrected chi connectivity index (χ1v) is 3.06. The molecular formula is C2H5O2S2-. The zero-order valence-electron chi connectivity index (χ0n) is 3.25. The molecule has 6 heavy (non-hydrogen) atoms. The lowest BCUT2D eigenvalue weighted by atomic mass is 11.0. The van der Waals surface area contributed by atoms with Gasteiger partial charge in [-0.3, -0.25) is 4.21 Å². The van der Waals surface area contributed by atoms with E-state index in [1.807, 2.05) is 0 Å². The molecule has 2 nitrogen and oxygen atoms in total. The lowest BCUT2D eigenvalue weighted by Gasteiger charge is -2.04. The van der Waals surface area contributed by atoms with Crippen LogP contribution >= 0.6 is 12.6 Å². The maximum Gasteiger partial charge on any atom is 0.0611 e. The molecule has 0 fully saturated rings. The molecule has 0 saturated heterocycles. The molecule has 0 aliphatic rings. The molecule has 0 aromatic heterocycles. The van der Waals surface area contributed by atoms with Crippen LogP contribution in [0.2, 0.25) is 0 Å². The van der Waals surface area contributed by atoms with Crippen molar-refractivity contribution in [3.05, 3.63) is 0 Å². The van der Waals surface area contributed by atoms with E-state index in [0.29, 0.717) is 0 Å². The van der Waals surface area contributed by atoms with E-state index >= 15 is 0 Å². The van der Waals surface area contributed by atoms with Gasteiger partial charge in [0.05, 0.1) is 4.58 Å². The van der Waals surface area contributed by atoms with Crippen LogP contribution in [0.25, 0.3) is 0 Å². The van der Waals surface area contributed by atoms with Crippen LogP contribution in [0.4, 0.5) is 0 Å². The summed E-state index contributed by atoms with van der Waals surface area (Å²) in [5.41, 5.74) is 0. The van der Waals surface area contributed by atoms with E-state index in [1.165, 1.54) is 6.92 Å². The quantitative estimate of drug-likeness (QED) is 0.400. The summed E-state index contributed by atoms with van der Waals surface area (Å²) in [6.45, 7) is 1.49. The molecule has 0 aromatic rings. The first kappa shape index (κ1) is 6.46. The number of hydrogen-bond donors (Lipinski definition) is 1. The molecule has 4 heteroatoms. The van der Waals surface area contributed by atoms with Gasteiger partial charge in [-0.1, -0.05) is 0 Å². The zero-order chi connectivity index (χ0) is 5.15. The van der Waals surface area contributed by atoms with Crippen molar-refractivity contribution in [2.45, 2.75) is 11.5 Å². The van der Waals surface area contributed by atoms with Gasteiger partial charge in [-0.05, 0) is 18.0 Å². The fourth-order valence-electron chi connectivity index (χ4n) is 0. The monoisotopic (exact) mass is 125 g/mol. The number of thiol groups is 1. The van der Waals surface area contributed by atoms with Crippen LogP contribution in [0.3, 0.4) is 0 Å². The molecule has 38 valence electrons. The highest BCUT2D eigenvalue weighted by atomic mass is 32.2. The maximum atomic E-state index is 9.62. The highest BCUT2D eigenvalue weighted by Gasteiger charge is 1.86. The maximum absolute atomic E-state index is 9.62. The second kappa shape index (κ2) is 2.60. The Labute approximate surface area is 44.6 Å². The van der Waals surface area contributed by atoms with Crippen molar-refractivity contribution in [3.8, 4) is 0 Å². The Balaban J connectivity index is 3.26. The predicted molar refractivity (Wildman–Crippen MR) is 27.4 cm³/mol. The molecule has 0 amide bonds. The van der Waals surface area contributed by atoms with Crippen molar-refractivity contribution in [1.82, 2.24) is 0 Å². The smallest absolute Gasteiger partial charge is 0.0611 e. The average Bonchev–Trinajstić information content (AvgIpc) is 1.36. The van der Waals surface area contributed by atoms with Crippen LogP contribution in [0, 0.1) is 0 Å². The molecule has 2 atom stereocenters. The molecular weight excluding hydrogens is 120 g/mol. The third kappa shape index (κ3) is 2.68. The van der Waals surface area contributed by atoms with E-state index in [-0.39, 0.29) is 0 Å². The van der Waals surface area contributed by atoms with Gasteiger partial charge in [-0.25, -0.2) is 0 Å². The van der Waals surface area contributed by atoms with Crippen LogP contribution in [-0.2, 0) is 11.1 Å². The summed E-state index contributed by atoms with van der Waals surface area (Å²) in [4.78, 5) is 0. The van der Waals surface area contributed by atoms with Gasteiger partial charge in [0.1, 0.15) is 0 Å². The van der Waals surface area contributed by atoms with E-state index in [0.717, 1.165) is 0 Å². The summed E-state index contributed by atoms with van der Waals surface area (Å²) in [7, 11) is 0. The lowest BCUT2D eigenvalue weighted by Crippen LogP contribution is -1.98. The van der Waals surface area contributed by atoms with Crippen LogP contribution in [0.15, 0.2) is 0 Å². The first-order valence-electron chi connectivity index (χ1n) is 1.40. The fraction of sp³-hybridized carbons (Fsp3) is 1.00. The summed E-state index contributed by atoms with van der Waals surface area (Å²) in [5.74, 6) is 0. The molecule has 0 rings (SSSR count). The van der Waals surface area contributed by atoms with Crippen molar-refractivity contribution >= 4 is 23.7 Å². The first-order chi connectivity index (χ1) is 2.64. The third-order valence-corrected chi connectivity index (χ3v) is 1.35. The summed E-state index contributed by atoms with van der Waals surface area (Å²) in [6.07, 6.45) is 0. The molecule has 0 aliphatic carbocycles. The molecule has 0 spiro atoms. The Hall–Kier alpha value is 0.460. The van der Waals surface area contributed by atoms with E-state index < -0.39 is 15.7 Å². The number of rotatable bonds is 1. The molecule has 0 N–H and O–H groups in total. The lowest BCUT2D eigenvalue weighted by molar-refractivity contribution is 0.536. The molecule has 2 unspecified atom stereocenters. The van der Waals surface area contributed by atoms with Gasteiger partial charge in [0, 0.05) is 0 Å². The fourth-order valence-corrected chi connectivity index (χ4v) is 0. The van der Waals surface area contributed by atoms with Gasteiger partial charge in [-0.2, -0.15) is 12.6 Å². The second-order valence-corrected chi connectivity index (χ2v) is 3.21. The summed E-state index contributed by atoms with van der Waals surface area (Å²) in [5, 5.41) is 0.